The Balaban J connectivity index is 0. The Morgan fingerprint density at radius 3 is 1.10 bits per heavy atom. The van der Waals surface area contributed by atoms with E-state index in [4.69, 9.17) is 19.6 Å². The summed E-state index contributed by atoms with van der Waals surface area (Å²) >= 11 is 0. The van der Waals surface area contributed by atoms with Crippen LogP contribution in [0.25, 0.3) is 0 Å². The van der Waals surface area contributed by atoms with Crippen molar-refractivity contribution < 1.29 is 33.0 Å². The molecular formula is H6BeO7P2. The van der Waals surface area contributed by atoms with Crippen LogP contribution in [-0.4, -0.2) is 29.7 Å². The van der Waals surface area contributed by atoms with Crippen molar-refractivity contribution in [3.8, 4) is 0 Å². The molecule has 60 valence electrons. The summed E-state index contributed by atoms with van der Waals surface area (Å²) in [4.78, 5) is 31.0. The van der Waals surface area contributed by atoms with Crippen molar-refractivity contribution in [2.45, 2.75) is 0 Å². The summed E-state index contributed by atoms with van der Waals surface area (Å²) in [5.41, 5.74) is 0. The van der Waals surface area contributed by atoms with Crippen LogP contribution in [0.15, 0.2) is 0 Å². The molecule has 0 fully saturated rings. The summed E-state index contributed by atoms with van der Waals surface area (Å²) in [6.45, 7) is 0. The quantitative estimate of drug-likeness (QED) is 0.300. The van der Waals surface area contributed by atoms with E-state index in [1.54, 1.807) is 0 Å². The number of hydrogen-bond acceptors (Lipinski definition) is 3. The van der Waals surface area contributed by atoms with Crippen LogP contribution in [0.4, 0.5) is 0 Å². The molecule has 0 atom stereocenters. The fraction of sp³-hybridized carbons (Fsp3) is 0. The van der Waals surface area contributed by atoms with Gasteiger partial charge in [0.1, 0.15) is 0 Å². The van der Waals surface area contributed by atoms with Crippen LogP contribution in [0, 0.1) is 0 Å². The van der Waals surface area contributed by atoms with Gasteiger partial charge in [-0.25, -0.2) is 9.13 Å². The van der Waals surface area contributed by atoms with Gasteiger partial charge in [0.25, 0.3) is 0 Å². The molecule has 0 aliphatic rings. The second-order valence-electron chi connectivity index (χ2n) is 1.06. The molecule has 0 amide bonds. The third-order valence-electron chi connectivity index (χ3n) is 0.213. The molecule has 4 N–H and O–H groups in total. The zero-order chi connectivity index (χ0) is 7.71. The first-order chi connectivity index (χ1) is 3.71. The van der Waals surface area contributed by atoms with Crippen molar-refractivity contribution in [2.24, 2.45) is 0 Å². The molecule has 10 heavy (non-hydrogen) atoms. The topological polar surface area (TPSA) is 124 Å². The van der Waals surface area contributed by atoms with Gasteiger partial charge in [0.05, 0.1) is 0 Å². The zero-order valence-electron chi connectivity index (χ0n) is 3.91. The van der Waals surface area contributed by atoms with E-state index in [2.05, 4.69) is 4.31 Å². The van der Waals surface area contributed by atoms with E-state index in [-0.39, 0.29) is 10.1 Å². The van der Waals surface area contributed by atoms with E-state index in [1.165, 1.54) is 0 Å². The van der Waals surface area contributed by atoms with Crippen LogP contribution >= 0.6 is 15.6 Å². The first-order valence-electron chi connectivity index (χ1n) is 1.53. The van der Waals surface area contributed by atoms with Gasteiger partial charge in [0.15, 0.2) is 0 Å². The summed E-state index contributed by atoms with van der Waals surface area (Å²) < 4.78 is 22.2. The van der Waals surface area contributed by atoms with Gasteiger partial charge >= 0.3 is 25.8 Å². The molecule has 0 spiro atoms. The Bertz CT molecular complexity index is 152. The molecule has 0 rings (SSSR count). The van der Waals surface area contributed by atoms with Crippen molar-refractivity contribution in [2.75, 3.05) is 0 Å². The van der Waals surface area contributed by atoms with Crippen molar-refractivity contribution in [3.63, 3.8) is 0 Å². The Kier molecular flexibility index (Phi) is 4.85. The zero-order valence-corrected chi connectivity index (χ0v) is 5.70. The Morgan fingerprint density at radius 2 is 1.10 bits per heavy atom. The first kappa shape index (κ1) is 13.1. The van der Waals surface area contributed by atoms with E-state index in [1.807, 2.05) is 0 Å². The second kappa shape index (κ2) is 3.71. The molecule has 0 unspecified atom stereocenters. The van der Waals surface area contributed by atoms with Gasteiger partial charge in [-0.15, -0.1) is 0 Å². The molecule has 0 aromatic heterocycles. The SMILES string of the molecule is O=P(O)(O)OP(=O)(O)O.[BeH2]. The molecule has 0 saturated carbocycles. The van der Waals surface area contributed by atoms with Crippen LogP contribution in [0.3, 0.4) is 0 Å². The van der Waals surface area contributed by atoms with Crippen LogP contribution in [0.2, 0.25) is 0 Å². The standard InChI is InChI=1S/Be.H4O7P2.2H/c;1-8(2,3)7-9(4,5)6;;/h;(H2,1,2,3)(H2,4,5,6);;. The van der Waals surface area contributed by atoms with Crippen molar-refractivity contribution >= 4 is 25.8 Å². The number of hydrogen-bond donors (Lipinski definition) is 4. The van der Waals surface area contributed by atoms with Gasteiger partial charge < -0.3 is 19.6 Å². The molecule has 0 saturated heterocycles. The molecule has 0 radical (unpaired) electrons. The number of phosphoric acid groups is 2. The predicted molar refractivity (Wildman–Crippen MR) is 33.7 cm³/mol. The maximum atomic E-state index is 9.63. The van der Waals surface area contributed by atoms with Gasteiger partial charge in [-0.1, -0.05) is 0 Å². The van der Waals surface area contributed by atoms with E-state index in [0.29, 0.717) is 0 Å². The first-order valence-corrected chi connectivity index (χ1v) is 4.59. The van der Waals surface area contributed by atoms with Crippen LogP contribution in [-0.2, 0) is 13.4 Å². The molecular weight excluding hydrogens is 183 g/mol. The molecule has 10 heteroatoms. The van der Waals surface area contributed by atoms with Gasteiger partial charge in [-0.2, -0.15) is 4.31 Å². The molecule has 0 aliphatic heterocycles. The maximum absolute atomic E-state index is 9.63. The van der Waals surface area contributed by atoms with E-state index in [0.717, 1.165) is 0 Å². The van der Waals surface area contributed by atoms with Crippen molar-refractivity contribution in [1.29, 1.82) is 0 Å². The Morgan fingerprint density at radius 1 is 0.900 bits per heavy atom. The van der Waals surface area contributed by atoms with E-state index < -0.39 is 15.6 Å². The van der Waals surface area contributed by atoms with E-state index >= 15 is 0 Å². The third kappa shape index (κ3) is 11.3. The third-order valence-corrected chi connectivity index (χ3v) is 1.91. The summed E-state index contributed by atoms with van der Waals surface area (Å²) in [7, 11) is -10.1. The van der Waals surface area contributed by atoms with Crippen molar-refractivity contribution in [3.05, 3.63) is 0 Å². The average Bonchev–Trinajstić information content (AvgIpc) is 1.14. The van der Waals surface area contributed by atoms with Gasteiger partial charge in [0, 0.05) is 0 Å². The van der Waals surface area contributed by atoms with Crippen LogP contribution in [0.1, 0.15) is 0 Å². The number of rotatable bonds is 2. The predicted octanol–water partition coefficient (Wildman–Crippen LogP) is -1.73. The molecule has 7 nitrogen and oxygen atoms in total. The Hall–Kier alpha value is 0.429. The fourth-order valence-electron chi connectivity index (χ4n) is 0.139. The Labute approximate surface area is 59.7 Å². The van der Waals surface area contributed by atoms with Gasteiger partial charge in [-0.05, 0) is 0 Å². The average molecular weight is 189 g/mol. The molecule has 0 heterocycles. The summed E-state index contributed by atoms with van der Waals surface area (Å²) in [6, 6.07) is 0. The molecule has 0 aromatic rings. The summed E-state index contributed by atoms with van der Waals surface area (Å²) in [5, 5.41) is 0. The summed E-state index contributed by atoms with van der Waals surface area (Å²) in [5.74, 6) is 0. The van der Waals surface area contributed by atoms with Crippen LogP contribution < -0.4 is 0 Å². The minimum absolute atomic E-state index is 0. The summed E-state index contributed by atoms with van der Waals surface area (Å²) in [6.07, 6.45) is 0. The normalized spacial score (nSPS) is 12.4. The van der Waals surface area contributed by atoms with Crippen molar-refractivity contribution in [1.82, 2.24) is 0 Å². The van der Waals surface area contributed by atoms with Gasteiger partial charge in [-0.3, -0.25) is 0 Å². The van der Waals surface area contributed by atoms with E-state index in [9.17, 15) is 9.13 Å². The molecule has 0 aliphatic carbocycles. The second-order valence-corrected chi connectivity index (χ2v) is 3.68. The molecule has 0 aromatic carbocycles. The van der Waals surface area contributed by atoms with Crippen LogP contribution in [0.5, 0.6) is 0 Å². The fourth-order valence-corrected chi connectivity index (χ4v) is 1.25. The minimum atomic E-state index is -5.05. The van der Waals surface area contributed by atoms with Gasteiger partial charge in [0.2, 0.25) is 0 Å². The molecule has 0 bridgehead atoms. The monoisotopic (exact) mass is 189 g/mol.